The highest BCUT2D eigenvalue weighted by Crippen LogP contribution is 2.31. The molecular weight excluding hydrogens is 480 g/mol. The fourth-order valence-electron chi connectivity index (χ4n) is 3.95. The summed E-state index contributed by atoms with van der Waals surface area (Å²) in [5.41, 5.74) is 1.98. The maximum atomic E-state index is 13.5. The molecule has 1 amide bonds. The molecular formula is C28H25ClN2O5. The summed E-state index contributed by atoms with van der Waals surface area (Å²) in [6.45, 7) is 1.87. The molecule has 0 saturated heterocycles. The fourth-order valence-corrected chi connectivity index (χ4v) is 4.07. The van der Waals surface area contributed by atoms with E-state index in [1.807, 2.05) is 19.1 Å². The van der Waals surface area contributed by atoms with Crippen molar-refractivity contribution >= 4 is 39.9 Å². The van der Waals surface area contributed by atoms with Crippen LogP contribution in [0.25, 0.3) is 10.9 Å². The molecule has 7 nitrogen and oxygen atoms in total. The first kappa shape index (κ1) is 25.0. The minimum atomic E-state index is -0.454. The van der Waals surface area contributed by atoms with E-state index in [9.17, 15) is 14.4 Å². The molecule has 8 heteroatoms. The molecule has 184 valence electrons. The van der Waals surface area contributed by atoms with E-state index in [0.29, 0.717) is 33.3 Å². The summed E-state index contributed by atoms with van der Waals surface area (Å²) in [6.07, 6.45) is 2.26. The molecule has 0 aliphatic heterocycles. The zero-order valence-corrected chi connectivity index (χ0v) is 20.9. The van der Waals surface area contributed by atoms with Gasteiger partial charge in [0.25, 0.3) is 0 Å². The van der Waals surface area contributed by atoms with E-state index >= 15 is 0 Å². The quantitative estimate of drug-likeness (QED) is 0.337. The number of fused-ring (bicyclic) bond motifs is 1. The molecule has 4 rings (SSSR count). The molecule has 1 aromatic heterocycles. The van der Waals surface area contributed by atoms with Crippen LogP contribution in [0.3, 0.4) is 0 Å². The van der Waals surface area contributed by atoms with Crippen LogP contribution in [0.5, 0.6) is 11.5 Å². The third kappa shape index (κ3) is 5.11. The van der Waals surface area contributed by atoms with Gasteiger partial charge in [-0.05, 0) is 42.3 Å². The van der Waals surface area contributed by atoms with Crippen LogP contribution in [-0.4, -0.2) is 30.5 Å². The van der Waals surface area contributed by atoms with Crippen LogP contribution in [0.15, 0.2) is 71.7 Å². The number of nitrogens with zero attached hydrogens (tertiary/aromatic N) is 1. The Morgan fingerprint density at radius 1 is 0.944 bits per heavy atom. The van der Waals surface area contributed by atoms with E-state index < -0.39 is 11.2 Å². The summed E-state index contributed by atoms with van der Waals surface area (Å²) >= 11 is 5.93. The summed E-state index contributed by atoms with van der Waals surface area (Å²) in [5, 5.41) is 3.59. The van der Waals surface area contributed by atoms with Crippen molar-refractivity contribution in [1.29, 1.82) is 0 Å². The van der Waals surface area contributed by atoms with Crippen LogP contribution in [0.2, 0.25) is 5.02 Å². The lowest BCUT2D eigenvalue weighted by molar-refractivity contribution is -0.116. The average molecular weight is 505 g/mol. The predicted octanol–water partition coefficient (Wildman–Crippen LogP) is 5.10. The molecule has 0 bridgehead atoms. The third-order valence-corrected chi connectivity index (χ3v) is 6.15. The van der Waals surface area contributed by atoms with Crippen molar-refractivity contribution < 1.29 is 19.1 Å². The summed E-state index contributed by atoms with van der Waals surface area (Å²) in [6, 6.07) is 17.0. The highest BCUT2D eigenvalue weighted by molar-refractivity contribution is 6.30. The van der Waals surface area contributed by atoms with Gasteiger partial charge in [-0.15, -0.1) is 0 Å². The summed E-state index contributed by atoms with van der Waals surface area (Å²) in [4.78, 5) is 39.7. The van der Waals surface area contributed by atoms with Gasteiger partial charge in [-0.1, -0.05) is 42.8 Å². The molecule has 0 aliphatic rings. The molecule has 1 N–H and O–H groups in total. The van der Waals surface area contributed by atoms with Gasteiger partial charge in [0.05, 0.1) is 30.7 Å². The average Bonchev–Trinajstić information content (AvgIpc) is 2.90. The van der Waals surface area contributed by atoms with Gasteiger partial charge in [0.2, 0.25) is 11.3 Å². The Labute approximate surface area is 213 Å². The van der Waals surface area contributed by atoms with E-state index in [-0.39, 0.29) is 23.4 Å². The molecule has 0 aliphatic carbocycles. The monoisotopic (exact) mass is 504 g/mol. The smallest absolute Gasteiger partial charge is 0.244 e. The second kappa shape index (κ2) is 10.7. The molecule has 1 heterocycles. The van der Waals surface area contributed by atoms with Gasteiger partial charge in [0, 0.05) is 28.5 Å². The van der Waals surface area contributed by atoms with Crippen molar-refractivity contribution in [3.05, 3.63) is 98.8 Å². The van der Waals surface area contributed by atoms with E-state index in [1.165, 1.54) is 26.5 Å². The predicted molar refractivity (Wildman–Crippen MR) is 141 cm³/mol. The molecule has 3 aromatic carbocycles. The lowest BCUT2D eigenvalue weighted by Crippen LogP contribution is -2.24. The van der Waals surface area contributed by atoms with E-state index in [2.05, 4.69) is 5.32 Å². The summed E-state index contributed by atoms with van der Waals surface area (Å²) in [7, 11) is 2.95. The number of carbonyl (C=O) groups is 2. The van der Waals surface area contributed by atoms with Crippen molar-refractivity contribution in [3.63, 3.8) is 0 Å². The standard InChI is InChI=1S/C28H25ClN2O5/c1-4-17-5-7-18(8-6-17)27(33)22-15-31(16-26(32)30-20-11-9-19(29)10-12-20)23-14-25(36-3)24(35-2)13-21(23)28(22)34/h5-15H,4,16H2,1-3H3,(H,30,32). The Morgan fingerprint density at radius 3 is 2.19 bits per heavy atom. The number of nitrogens with one attached hydrogen (secondary N) is 1. The van der Waals surface area contributed by atoms with Crippen LogP contribution >= 0.6 is 11.6 Å². The Kier molecular flexibility index (Phi) is 7.41. The first-order chi connectivity index (χ1) is 17.3. The molecule has 0 unspecified atom stereocenters. The number of methoxy groups -OCH3 is 2. The number of hydrogen-bond donors (Lipinski definition) is 1. The number of aromatic nitrogens is 1. The topological polar surface area (TPSA) is 86.6 Å². The zero-order chi connectivity index (χ0) is 25.8. The number of aryl methyl sites for hydroxylation is 1. The molecule has 0 saturated carbocycles. The maximum absolute atomic E-state index is 13.5. The molecule has 0 fully saturated rings. The van der Waals surface area contributed by atoms with Gasteiger partial charge in [-0.2, -0.15) is 0 Å². The van der Waals surface area contributed by atoms with Crippen molar-refractivity contribution in [1.82, 2.24) is 4.57 Å². The first-order valence-electron chi connectivity index (χ1n) is 11.3. The zero-order valence-electron chi connectivity index (χ0n) is 20.1. The molecule has 0 spiro atoms. The van der Waals surface area contributed by atoms with Gasteiger partial charge in [0.15, 0.2) is 17.3 Å². The van der Waals surface area contributed by atoms with Gasteiger partial charge >= 0.3 is 0 Å². The Morgan fingerprint density at radius 2 is 1.58 bits per heavy atom. The lowest BCUT2D eigenvalue weighted by Gasteiger charge is -2.16. The molecule has 4 aromatic rings. The minimum absolute atomic E-state index is 0.0433. The van der Waals surface area contributed by atoms with Crippen molar-refractivity contribution in [2.75, 3.05) is 19.5 Å². The number of pyridine rings is 1. The number of halogens is 1. The fraction of sp³-hybridized carbons (Fsp3) is 0.179. The maximum Gasteiger partial charge on any atom is 0.244 e. The van der Waals surface area contributed by atoms with Gasteiger partial charge in [0.1, 0.15) is 6.54 Å². The highest BCUT2D eigenvalue weighted by Gasteiger charge is 2.20. The SMILES string of the molecule is CCc1ccc(C(=O)c2cn(CC(=O)Nc3ccc(Cl)cc3)c3cc(OC)c(OC)cc3c2=O)cc1. The van der Waals surface area contributed by atoms with Gasteiger partial charge in [-0.25, -0.2) is 0 Å². The highest BCUT2D eigenvalue weighted by atomic mass is 35.5. The minimum Gasteiger partial charge on any atom is -0.493 e. The normalized spacial score (nSPS) is 10.8. The largest absolute Gasteiger partial charge is 0.493 e. The second-order valence-corrected chi connectivity index (χ2v) is 8.60. The lowest BCUT2D eigenvalue weighted by atomic mass is 10.0. The van der Waals surface area contributed by atoms with E-state index in [0.717, 1.165) is 12.0 Å². The summed E-state index contributed by atoms with van der Waals surface area (Å²) < 4.78 is 12.3. The molecule has 0 atom stereocenters. The van der Waals surface area contributed by atoms with Crippen LogP contribution < -0.4 is 20.2 Å². The van der Waals surface area contributed by atoms with Crippen molar-refractivity contribution in [2.24, 2.45) is 0 Å². The summed E-state index contributed by atoms with van der Waals surface area (Å²) in [5.74, 6) is -0.0318. The van der Waals surface area contributed by atoms with Gasteiger partial charge < -0.3 is 19.4 Å². The third-order valence-electron chi connectivity index (χ3n) is 5.90. The number of benzene rings is 3. The number of amides is 1. The van der Waals surface area contributed by atoms with Crippen molar-refractivity contribution in [2.45, 2.75) is 19.9 Å². The Bertz CT molecular complexity index is 1490. The van der Waals surface area contributed by atoms with Gasteiger partial charge in [-0.3, -0.25) is 14.4 Å². The van der Waals surface area contributed by atoms with Crippen LogP contribution in [-0.2, 0) is 17.8 Å². The molecule has 36 heavy (non-hydrogen) atoms. The number of hydrogen-bond acceptors (Lipinski definition) is 5. The van der Waals surface area contributed by atoms with Crippen LogP contribution in [0.1, 0.15) is 28.4 Å². The number of ketones is 1. The van der Waals surface area contributed by atoms with E-state index in [4.69, 9.17) is 21.1 Å². The second-order valence-electron chi connectivity index (χ2n) is 8.16. The first-order valence-corrected chi connectivity index (χ1v) is 11.7. The Hall–Kier alpha value is -4.10. The number of carbonyl (C=O) groups excluding carboxylic acids is 2. The van der Waals surface area contributed by atoms with E-state index in [1.54, 1.807) is 47.0 Å². The van der Waals surface area contributed by atoms with Crippen LogP contribution in [0, 0.1) is 0 Å². The van der Waals surface area contributed by atoms with Crippen molar-refractivity contribution in [3.8, 4) is 11.5 Å². The number of ether oxygens (including phenoxy) is 2. The van der Waals surface area contributed by atoms with Crippen LogP contribution in [0.4, 0.5) is 5.69 Å². The Balaban J connectivity index is 1.81. The number of rotatable bonds is 8. The molecule has 0 radical (unpaired) electrons. The number of anilines is 1.